The van der Waals surface area contributed by atoms with Crippen molar-refractivity contribution in [1.82, 2.24) is 5.32 Å². The molecule has 1 aliphatic carbocycles. The highest BCUT2D eigenvalue weighted by Crippen LogP contribution is 2.24. The molecule has 0 spiro atoms. The van der Waals surface area contributed by atoms with Crippen molar-refractivity contribution < 1.29 is 4.74 Å². The van der Waals surface area contributed by atoms with Gasteiger partial charge in [-0.25, -0.2) is 0 Å². The summed E-state index contributed by atoms with van der Waals surface area (Å²) < 4.78 is 5.65. The van der Waals surface area contributed by atoms with E-state index in [1.165, 1.54) is 38.8 Å². The van der Waals surface area contributed by atoms with Gasteiger partial charge >= 0.3 is 0 Å². The van der Waals surface area contributed by atoms with E-state index in [0.29, 0.717) is 6.10 Å². The lowest BCUT2D eigenvalue weighted by molar-refractivity contribution is 0.0775. The first-order valence-electron chi connectivity index (χ1n) is 4.77. The summed E-state index contributed by atoms with van der Waals surface area (Å²) in [5.74, 6) is 0.796. The Balaban J connectivity index is 1.59. The van der Waals surface area contributed by atoms with E-state index in [4.69, 9.17) is 4.74 Å². The third-order valence-electron chi connectivity index (χ3n) is 2.49. The van der Waals surface area contributed by atoms with Crippen LogP contribution in [-0.4, -0.2) is 25.8 Å². The lowest BCUT2D eigenvalue weighted by Crippen LogP contribution is -2.32. The fourth-order valence-electron chi connectivity index (χ4n) is 1.57. The summed E-state index contributed by atoms with van der Waals surface area (Å²) in [6.07, 6.45) is 5.94. The summed E-state index contributed by atoms with van der Waals surface area (Å²) >= 11 is 0. The molecule has 2 aliphatic rings. The summed E-state index contributed by atoms with van der Waals surface area (Å²) in [7, 11) is 0. The van der Waals surface area contributed by atoms with Crippen molar-refractivity contribution in [1.29, 1.82) is 0 Å². The maximum Gasteiger partial charge on any atom is 0.0577 e. The van der Waals surface area contributed by atoms with Crippen molar-refractivity contribution in [3.63, 3.8) is 0 Å². The second-order valence-corrected chi connectivity index (χ2v) is 3.75. The molecule has 0 aromatic heterocycles. The van der Waals surface area contributed by atoms with E-state index in [1.54, 1.807) is 0 Å². The van der Waals surface area contributed by atoms with Crippen LogP contribution >= 0.6 is 0 Å². The normalized spacial score (nSPS) is 32.2. The molecule has 1 saturated heterocycles. The molecule has 2 nitrogen and oxygen atoms in total. The van der Waals surface area contributed by atoms with Crippen LogP contribution in [0.4, 0.5) is 0 Å². The van der Waals surface area contributed by atoms with Gasteiger partial charge in [-0.15, -0.1) is 0 Å². The molecule has 0 radical (unpaired) electrons. The Kier molecular flexibility index (Phi) is 2.44. The molecular formula is C9H17NO. The zero-order valence-electron chi connectivity index (χ0n) is 7.01. The van der Waals surface area contributed by atoms with E-state index in [2.05, 4.69) is 5.32 Å². The van der Waals surface area contributed by atoms with Crippen LogP contribution in [0.1, 0.15) is 25.7 Å². The van der Waals surface area contributed by atoms with E-state index >= 15 is 0 Å². The Hall–Kier alpha value is -0.0800. The van der Waals surface area contributed by atoms with Gasteiger partial charge in [-0.2, -0.15) is 0 Å². The van der Waals surface area contributed by atoms with Gasteiger partial charge in [0.05, 0.1) is 12.7 Å². The average Bonchev–Trinajstić information content (AvgIpc) is 2.86. The molecule has 2 heteroatoms. The predicted molar refractivity (Wildman–Crippen MR) is 44.6 cm³/mol. The van der Waals surface area contributed by atoms with Gasteiger partial charge in [0.25, 0.3) is 0 Å². The number of hydrogen-bond acceptors (Lipinski definition) is 2. The van der Waals surface area contributed by atoms with Crippen LogP contribution in [0.15, 0.2) is 0 Å². The Bertz CT molecular complexity index is 117. The van der Waals surface area contributed by atoms with Gasteiger partial charge in [-0.1, -0.05) is 0 Å². The van der Waals surface area contributed by atoms with Crippen LogP contribution < -0.4 is 5.32 Å². The van der Waals surface area contributed by atoms with Gasteiger partial charge in [0.15, 0.2) is 0 Å². The lowest BCUT2D eigenvalue weighted by atomic mass is 10.0. The zero-order chi connectivity index (χ0) is 7.52. The minimum Gasteiger partial charge on any atom is -0.378 e. The van der Waals surface area contributed by atoms with Crippen molar-refractivity contribution >= 4 is 0 Å². The van der Waals surface area contributed by atoms with Crippen molar-refractivity contribution in [3.8, 4) is 0 Å². The summed E-state index contributed by atoms with van der Waals surface area (Å²) in [6.45, 7) is 3.38. The lowest BCUT2D eigenvalue weighted by Gasteiger charge is -2.22. The minimum absolute atomic E-state index is 0.636. The van der Waals surface area contributed by atoms with E-state index in [-0.39, 0.29) is 0 Å². The third-order valence-corrected chi connectivity index (χ3v) is 2.49. The van der Waals surface area contributed by atoms with Gasteiger partial charge in [0.1, 0.15) is 0 Å². The summed E-state index contributed by atoms with van der Waals surface area (Å²) in [4.78, 5) is 0. The van der Waals surface area contributed by atoms with Crippen LogP contribution in [0.3, 0.4) is 0 Å². The minimum atomic E-state index is 0.636. The predicted octanol–water partition coefficient (Wildman–Crippen LogP) is 1.16. The van der Waals surface area contributed by atoms with Gasteiger partial charge in [0.2, 0.25) is 0 Å². The summed E-state index contributed by atoms with van der Waals surface area (Å²) in [5, 5.41) is 3.40. The van der Waals surface area contributed by atoms with E-state index in [9.17, 15) is 0 Å². The zero-order valence-corrected chi connectivity index (χ0v) is 7.01. The van der Waals surface area contributed by atoms with Crippen molar-refractivity contribution in [3.05, 3.63) is 0 Å². The highest BCUT2D eigenvalue weighted by molar-refractivity contribution is 4.75. The van der Waals surface area contributed by atoms with Crippen LogP contribution in [-0.2, 0) is 4.74 Å². The van der Waals surface area contributed by atoms with E-state index in [0.717, 1.165) is 12.5 Å². The van der Waals surface area contributed by atoms with Crippen LogP contribution in [0.25, 0.3) is 0 Å². The highest BCUT2D eigenvalue weighted by Gasteiger charge is 2.23. The first-order chi connectivity index (χ1) is 5.45. The SMILES string of the molecule is C1CNC[C@@H](COC2CC2)C1. The Morgan fingerprint density at radius 3 is 2.82 bits per heavy atom. The van der Waals surface area contributed by atoms with Gasteiger partial charge in [-0.3, -0.25) is 0 Å². The molecule has 2 fully saturated rings. The Morgan fingerprint density at radius 1 is 1.27 bits per heavy atom. The summed E-state index contributed by atoms with van der Waals surface area (Å²) in [6, 6.07) is 0. The first kappa shape index (κ1) is 7.56. The molecule has 1 N–H and O–H groups in total. The summed E-state index contributed by atoms with van der Waals surface area (Å²) in [5.41, 5.74) is 0. The van der Waals surface area contributed by atoms with Crippen molar-refractivity contribution in [2.45, 2.75) is 31.8 Å². The topological polar surface area (TPSA) is 21.3 Å². The average molecular weight is 155 g/mol. The molecule has 0 aromatic carbocycles. The Morgan fingerprint density at radius 2 is 2.18 bits per heavy atom. The molecule has 0 bridgehead atoms. The number of piperidine rings is 1. The van der Waals surface area contributed by atoms with Crippen molar-refractivity contribution in [2.75, 3.05) is 19.7 Å². The fourth-order valence-corrected chi connectivity index (χ4v) is 1.57. The number of nitrogens with one attached hydrogen (secondary N) is 1. The molecule has 0 amide bonds. The quantitative estimate of drug-likeness (QED) is 0.660. The maximum absolute atomic E-state index is 5.65. The molecule has 0 aromatic rings. The maximum atomic E-state index is 5.65. The monoisotopic (exact) mass is 155 g/mol. The number of rotatable bonds is 3. The molecule has 2 rings (SSSR count). The van der Waals surface area contributed by atoms with Gasteiger partial charge < -0.3 is 10.1 Å². The van der Waals surface area contributed by atoms with Gasteiger partial charge in [-0.05, 0) is 38.1 Å². The molecule has 1 heterocycles. The van der Waals surface area contributed by atoms with Gasteiger partial charge in [0, 0.05) is 6.54 Å². The highest BCUT2D eigenvalue weighted by atomic mass is 16.5. The molecule has 1 aliphatic heterocycles. The first-order valence-corrected chi connectivity index (χ1v) is 4.77. The number of ether oxygens (including phenoxy) is 1. The molecular weight excluding hydrogens is 138 g/mol. The smallest absolute Gasteiger partial charge is 0.0577 e. The Labute approximate surface area is 68.3 Å². The fraction of sp³-hybridized carbons (Fsp3) is 1.00. The second kappa shape index (κ2) is 3.55. The molecule has 64 valence electrons. The largest absolute Gasteiger partial charge is 0.378 e. The van der Waals surface area contributed by atoms with Crippen LogP contribution in [0.5, 0.6) is 0 Å². The standard InChI is InChI=1S/C9H17NO/c1-2-8(6-10-5-1)7-11-9-3-4-9/h8-10H,1-7H2/t8-/m0/s1. The van der Waals surface area contributed by atoms with Crippen LogP contribution in [0.2, 0.25) is 0 Å². The third kappa shape index (κ3) is 2.46. The molecule has 0 unspecified atom stereocenters. The number of hydrogen-bond donors (Lipinski definition) is 1. The second-order valence-electron chi connectivity index (χ2n) is 3.75. The molecule has 1 atom stereocenters. The molecule has 11 heavy (non-hydrogen) atoms. The van der Waals surface area contributed by atoms with Crippen molar-refractivity contribution in [2.24, 2.45) is 5.92 Å². The molecule has 1 saturated carbocycles. The van der Waals surface area contributed by atoms with Crippen LogP contribution in [0, 0.1) is 5.92 Å². The van der Waals surface area contributed by atoms with E-state index < -0.39 is 0 Å². The van der Waals surface area contributed by atoms with E-state index in [1.807, 2.05) is 0 Å².